The van der Waals surface area contributed by atoms with Gasteiger partial charge in [-0.1, -0.05) is 41.9 Å². The van der Waals surface area contributed by atoms with Crippen molar-refractivity contribution in [2.45, 2.75) is 11.4 Å². The van der Waals surface area contributed by atoms with Crippen molar-refractivity contribution in [3.05, 3.63) is 70.8 Å². The van der Waals surface area contributed by atoms with E-state index in [2.05, 4.69) is 0 Å². The first-order valence-electron chi connectivity index (χ1n) is 6.91. The summed E-state index contributed by atoms with van der Waals surface area (Å²) in [5.41, 5.74) is 1.95. The average molecular weight is 332 g/mol. The number of rotatable bonds is 5. The lowest BCUT2D eigenvalue weighted by Gasteiger charge is -2.16. The van der Waals surface area contributed by atoms with Crippen LogP contribution in [0.1, 0.15) is 11.1 Å². The standard InChI is InChI=1S/C18H18ClNOS/c1-20(13-15-5-3-4-6-17(15)19)18(21)12-9-14-7-10-16(22-2)11-8-14/h3-12H,13H2,1-2H3/b12-9+. The summed E-state index contributed by atoms with van der Waals surface area (Å²) >= 11 is 7.81. The van der Waals surface area contributed by atoms with E-state index in [1.807, 2.05) is 60.9 Å². The molecule has 0 N–H and O–H groups in total. The van der Waals surface area contributed by atoms with Gasteiger partial charge in [0, 0.05) is 29.6 Å². The zero-order valence-electron chi connectivity index (χ0n) is 12.6. The highest BCUT2D eigenvalue weighted by molar-refractivity contribution is 7.98. The molecule has 0 unspecified atom stereocenters. The maximum Gasteiger partial charge on any atom is 0.246 e. The number of benzene rings is 2. The Morgan fingerprint density at radius 2 is 1.86 bits per heavy atom. The number of hydrogen-bond acceptors (Lipinski definition) is 2. The third kappa shape index (κ3) is 4.65. The van der Waals surface area contributed by atoms with Crippen LogP contribution < -0.4 is 0 Å². The fourth-order valence-corrected chi connectivity index (χ4v) is 2.57. The van der Waals surface area contributed by atoms with Crippen LogP contribution >= 0.6 is 23.4 Å². The number of hydrogen-bond donors (Lipinski definition) is 0. The van der Waals surface area contributed by atoms with Crippen molar-refractivity contribution in [2.24, 2.45) is 0 Å². The van der Waals surface area contributed by atoms with E-state index < -0.39 is 0 Å². The molecule has 0 spiro atoms. The van der Waals surface area contributed by atoms with E-state index in [0.29, 0.717) is 11.6 Å². The van der Waals surface area contributed by atoms with Gasteiger partial charge in [0.2, 0.25) is 5.91 Å². The number of carbonyl (C=O) groups excluding carboxylic acids is 1. The van der Waals surface area contributed by atoms with Crippen LogP contribution in [0.4, 0.5) is 0 Å². The van der Waals surface area contributed by atoms with Crippen molar-refractivity contribution in [1.29, 1.82) is 0 Å². The first-order valence-corrected chi connectivity index (χ1v) is 8.51. The van der Waals surface area contributed by atoms with Gasteiger partial charge in [-0.3, -0.25) is 4.79 Å². The Bertz CT molecular complexity index is 667. The minimum Gasteiger partial charge on any atom is -0.338 e. The summed E-state index contributed by atoms with van der Waals surface area (Å²) in [6.45, 7) is 0.494. The summed E-state index contributed by atoms with van der Waals surface area (Å²) in [6.07, 6.45) is 5.46. The van der Waals surface area contributed by atoms with Crippen molar-refractivity contribution in [2.75, 3.05) is 13.3 Å². The summed E-state index contributed by atoms with van der Waals surface area (Å²) < 4.78 is 0. The van der Waals surface area contributed by atoms with Gasteiger partial charge in [0.05, 0.1) is 0 Å². The quantitative estimate of drug-likeness (QED) is 0.583. The molecule has 0 saturated heterocycles. The SMILES string of the molecule is CSc1ccc(/C=C/C(=O)N(C)Cc2ccccc2Cl)cc1. The Kier molecular flexibility index (Phi) is 6.10. The van der Waals surface area contributed by atoms with Crippen LogP contribution in [0.25, 0.3) is 6.08 Å². The number of carbonyl (C=O) groups is 1. The highest BCUT2D eigenvalue weighted by atomic mass is 35.5. The first kappa shape index (κ1) is 16.7. The molecule has 0 atom stereocenters. The topological polar surface area (TPSA) is 20.3 Å². The molecular formula is C18H18ClNOS. The predicted octanol–water partition coefficient (Wildman–Crippen LogP) is 4.73. The first-order chi connectivity index (χ1) is 10.6. The van der Waals surface area contributed by atoms with Crippen LogP contribution in [0.2, 0.25) is 5.02 Å². The molecule has 22 heavy (non-hydrogen) atoms. The van der Waals surface area contributed by atoms with E-state index in [4.69, 9.17) is 11.6 Å². The lowest BCUT2D eigenvalue weighted by molar-refractivity contribution is -0.125. The molecule has 0 heterocycles. The number of nitrogens with zero attached hydrogens (tertiary/aromatic N) is 1. The molecular weight excluding hydrogens is 314 g/mol. The molecule has 0 bridgehead atoms. The maximum atomic E-state index is 12.1. The fraction of sp³-hybridized carbons (Fsp3) is 0.167. The molecule has 4 heteroatoms. The van der Waals surface area contributed by atoms with Gasteiger partial charge in [0.25, 0.3) is 0 Å². The summed E-state index contributed by atoms with van der Waals surface area (Å²) in [5, 5.41) is 0.679. The van der Waals surface area contributed by atoms with Gasteiger partial charge in [0.1, 0.15) is 0 Å². The van der Waals surface area contributed by atoms with Gasteiger partial charge < -0.3 is 4.90 Å². The molecule has 0 aromatic heterocycles. The van der Waals surface area contributed by atoms with E-state index >= 15 is 0 Å². The lowest BCUT2D eigenvalue weighted by Crippen LogP contribution is -2.24. The van der Waals surface area contributed by atoms with E-state index in [0.717, 1.165) is 11.1 Å². The average Bonchev–Trinajstić information content (AvgIpc) is 2.55. The number of thioether (sulfide) groups is 1. The molecule has 2 aromatic carbocycles. The summed E-state index contributed by atoms with van der Waals surface area (Å²) in [5.74, 6) is -0.0473. The highest BCUT2D eigenvalue weighted by Crippen LogP contribution is 2.17. The fourth-order valence-electron chi connectivity index (χ4n) is 1.97. The molecule has 2 nitrogen and oxygen atoms in total. The molecule has 0 aliphatic rings. The molecule has 0 fully saturated rings. The van der Waals surface area contributed by atoms with Crippen LogP contribution in [0, 0.1) is 0 Å². The van der Waals surface area contributed by atoms with E-state index in [9.17, 15) is 4.79 Å². The summed E-state index contributed by atoms with van der Waals surface area (Å²) in [6, 6.07) is 15.7. The Balaban J connectivity index is 1.98. The molecule has 0 aliphatic carbocycles. The highest BCUT2D eigenvalue weighted by Gasteiger charge is 2.07. The van der Waals surface area contributed by atoms with Gasteiger partial charge in [-0.25, -0.2) is 0 Å². The van der Waals surface area contributed by atoms with Gasteiger partial charge in [-0.05, 0) is 41.7 Å². The monoisotopic (exact) mass is 331 g/mol. The van der Waals surface area contributed by atoms with E-state index in [1.54, 1.807) is 29.8 Å². The number of halogens is 1. The van der Waals surface area contributed by atoms with Crippen LogP contribution in [0.5, 0.6) is 0 Å². The Morgan fingerprint density at radius 1 is 1.18 bits per heavy atom. The van der Waals surface area contributed by atoms with Gasteiger partial charge in [-0.15, -0.1) is 11.8 Å². The third-order valence-corrected chi connectivity index (χ3v) is 4.39. The minimum atomic E-state index is -0.0473. The van der Waals surface area contributed by atoms with Crippen molar-refractivity contribution >= 4 is 35.3 Å². The zero-order valence-corrected chi connectivity index (χ0v) is 14.2. The van der Waals surface area contributed by atoms with Gasteiger partial charge in [-0.2, -0.15) is 0 Å². The second kappa shape index (κ2) is 8.06. The molecule has 0 radical (unpaired) electrons. The molecule has 1 amide bonds. The molecule has 2 rings (SSSR count). The Hall–Kier alpha value is -1.71. The second-order valence-electron chi connectivity index (χ2n) is 4.89. The zero-order chi connectivity index (χ0) is 15.9. The normalized spacial score (nSPS) is 10.9. The third-order valence-electron chi connectivity index (χ3n) is 3.28. The number of likely N-dealkylation sites (N-methyl/N-ethyl adjacent to an activating group) is 1. The van der Waals surface area contributed by atoms with Gasteiger partial charge in [0.15, 0.2) is 0 Å². The number of amides is 1. The summed E-state index contributed by atoms with van der Waals surface area (Å²) in [7, 11) is 1.77. The molecule has 2 aromatic rings. The van der Waals surface area contributed by atoms with Crippen molar-refractivity contribution in [1.82, 2.24) is 4.90 Å². The lowest BCUT2D eigenvalue weighted by atomic mass is 10.2. The maximum absolute atomic E-state index is 12.1. The van der Waals surface area contributed by atoms with Crippen molar-refractivity contribution in [3.63, 3.8) is 0 Å². The Labute approximate surface area is 140 Å². The van der Waals surface area contributed by atoms with Crippen LogP contribution in [0.3, 0.4) is 0 Å². The van der Waals surface area contributed by atoms with E-state index in [-0.39, 0.29) is 5.91 Å². The van der Waals surface area contributed by atoms with Crippen LogP contribution in [0.15, 0.2) is 59.5 Å². The molecule has 0 saturated carbocycles. The van der Waals surface area contributed by atoms with Crippen LogP contribution in [-0.2, 0) is 11.3 Å². The predicted molar refractivity (Wildman–Crippen MR) is 95.2 cm³/mol. The molecule has 0 aliphatic heterocycles. The van der Waals surface area contributed by atoms with Crippen molar-refractivity contribution < 1.29 is 4.79 Å². The minimum absolute atomic E-state index is 0.0473. The van der Waals surface area contributed by atoms with Crippen molar-refractivity contribution in [3.8, 4) is 0 Å². The Morgan fingerprint density at radius 3 is 2.50 bits per heavy atom. The smallest absolute Gasteiger partial charge is 0.246 e. The largest absolute Gasteiger partial charge is 0.338 e. The second-order valence-corrected chi connectivity index (χ2v) is 6.18. The van der Waals surface area contributed by atoms with Gasteiger partial charge >= 0.3 is 0 Å². The van der Waals surface area contributed by atoms with Crippen LogP contribution in [-0.4, -0.2) is 24.1 Å². The summed E-state index contributed by atoms with van der Waals surface area (Å²) in [4.78, 5) is 15.0. The van der Waals surface area contributed by atoms with E-state index in [1.165, 1.54) is 4.90 Å². The molecule has 114 valence electrons.